The van der Waals surface area contributed by atoms with E-state index in [4.69, 9.17) is 9.15 Å². The Morgan fingerprint density at radius 3 is 2.72 bits per heavy atom. The molecule has 1 heterocycles. The summed E-state index contributed by atoms with van der Waals surface area (Å²) in [6.07, 6.45) is 1.05. The monoisotopic (exact) mass is 275 g/mol. The number of hydrogen-bond donors (Lipinski definition) is 1. The fourth-order valence-electron chi connectivity index (χ4n) is 1.48. The summed E-state index contributed by atoms with van der Waals surface area (Å²) in [5, 5.41) is 3.20. The SMILES string of the molecule is CCCNCc1ccc(CS(=O)(=O)CCOC)o1. The highest BCUT2D eigenvalue weighted by Gasteiger charge is 2.14. The van der Waals surface area contributed by atoms with E-state index >= 15 is 0 Å². The van der Waals surface area contributed by atoms with Crippen LogP contribution in [0.1, 0.15) is 24.9 Å². The first kappa shape index (κ1) is 15.2. The summed E-state index contributed by atoms with van der Waals surface area (Å²) >= 11 is 0. The Hall–Kier alpha value is -0.850. The highest BCUT2D eigenvalue weighted by molar-refractivity contribution is 7.90. The number of ether oxygens (including phenoxy) is 1. The van der Waals surface area contributed by atoms with Crippen molar-refractivity contribution in [2.75, 3.05) is 26.0 Å². The maximum atomic E-state index is 11.7. The van der Waals surface area contributed by atoms with Gasteiger partial charge in [0.15, 0.2) is 9.84 Å². The Bertz CT molecular complexity index is 439. The molecule has 0 radical (unpaired) electrons. The van der Waals surface area contributed by atoms with E-state index in [0.29, 0.717) is 12.3 Å². The molecule has 0 unspecified atom stereocenters. The van der Waals surface area contributed by atoms with E-state index < -0.39 is 9.84 Å². The first-order chi connectivity index (χ1) is 8.57. The van der Waals surface area contributed by atoms with E-state index in [2.05, 4.69) is 12.2 Å². The second kappa shape index (κ2) is 7.56. The van der Waals surface area contributed by atoms with Crippen LogP contribution in [0.2, 0.25) is 0 Å². The molecule has 1 rings (SSSR count). The van der Waals surface area contributed by atoms with Crippen LogP contribution in [0.15, 0.2) is 16.5 Å². The summed E-state index contributed by atoms with van der Waals surface area (Å²) in [5.74, 6) is 1.21. The molecule has 18 heavy (non-hydrogen) atoms. The van der Waals surface area contributed by atoms with Gasteiger partial charge in [-0.15, -0.1) is 0 Å². The van der Waals surface area contributed by atoms with Crippen molar-refractivity contribution in [2.24, 2.45) is 0 Å². The van der Waals surface area contributed by atoms with Gasteiger partial charge in [0.1, 0.15) is 17.3 Å². The summed E-state index contributed by atoms with van der Waals surface area (Å²) in [5.41, 5.74) is 0. The Labute approximate surface area is 108 Å². The lowest BCUT2D eigenvalue weighted by molar-refractivity contribution is 0.217. The van der Waals surface area contributed by atoms with Crippen LogP contribution in [0.5, 0.6) is 0 Å². The van der Waals surface area contributed by atoms with Crippen molar-refractivity contribution in [1.82, 2.24) is 5.32 Å². The van der Waals surface area contributed by atoms with Crippen molar-refractivity contribution in [1.29, 1.82) is 0 Å². The van der Waals surface area contributed by atoms with Gasteiger partial charge >= 0.3 is 0 Å². The summed E-state index contributed by atoms with van der Waals surface area (Å²) in [7, 11) is -1.66. The molecule has 0 bridgehead atoms. The third-order valence-corrected chi connectivity index (χ3v) is 3.92. The second-order valence-corrected chi connectivity index (χ2v) is 6.31. The average molecular weight is 275 g/mol. The van der Waals surface area contributed by atoms with Gasteiger partial charge in [-0.3, -0.25) is 0 Å². The molecule has 6 heteroatoms. The Morgan fingerprint density at radius 2 is 2.06 bits per heavy atom. The van der Waals surface area contributed by atoms with Gasteiger partial charge < -0.3 is 14.5 Å². The van der Waals surface area contributed by atoms with Gasteiger partial charge in [-0.1, -0.05) is 6.92 Å². The molecule has 0 aliphatic heterocycles. The maximum absolute atomic E-state index is 11.7. The van der Waals surface area contributed by atoms with Crippen LogP contribution in [0, 0.1) is 0 Å². The largest absolute Gasteiger partial charge is 0.464 e. The highest BCUT2D eigenvalue weighted by Crippen LogP contribution is 2.12. The van der Waals surface area contributed by atoms with E-state index in [1.165, 1.54) is 7.11 Å². The zero-order chi connectivity index (χ0) is 13.4. The molecule has 0 aliphatic rings. The average Bonchev–Trinajstić information content (AvgIpc) is 2.74. The van der Waals surface area contributed by atoms with Crippen molar-refractivity contribution in [3.8, 4) is 0 Å². The van der Waals surface area contributed by atoms with Crippen molar-refractivity contribution in [3.63, 3.8) is 0 Å². The molecular weight excluding hydrogens is 254 g/mol. The first-order valence-corrected chi connectivity index (χ1v) is 7.87. The Morgan fingerprint density at radius 1 is 1.33 bits per heavy atom. The van der Waals surface area contributed by atoms with Crippen LogP contribution in [-0.2, 0) is 26.9 Å². The molecule has 1 aromatic heterocycles. The summed E-state index contributed by atoms with van der Waals surface area (Å²) in [6.45, 7) is 3.85. The fourth-order valence-corrected chi connectivity index (χ4v) is 2.64. The van der Waals surface area contributed by atoms with E-state index in [1.54, 1.807) is 6.07 Å². The number of hydrogen-bond acceptors (Lipinski definition) is 5. The first-order valence-electron chi connectivity index (χ1n) is 6.05. The lowest BCUT2D eigenvalue weighted by atomic mass is 10.4. The topological polar surface area (TPSA) is 68.5 Å². The predicted octanol–water partition coefficient (Wildman–Crippen LogP) is 1.34. The van der Waals surface area contributed by atoms with Crippen LogP contribution in [0.3, 0.4) is 0 Å². The normalized spacial score (nSPS) is 11.9. The third kappa shape index (κ3) is 5.66. The molecule has 0 fully saturated rings. The van der Waals surface area contributed by atoms with Crippen molar-refractivity contribution in [3.05, 3.63) is 23.7 Å². The van der Waals surface area contributed by atoms with Crippen LogP contribution in [0.4, 0.5) is 0 Å². The van der Waals surface area contributed by atoms with E-state index in [-0.39, 0.29) is 18.1 Å². The second-order valence-electron chi connectivity index (χ2n) is 4.13. The Balaban J connectivity index is 2.48. The van der Waals surface area contributed by atoms with Crippen LogP contribution < -0.4 is 5.32 Å². The van der Waals surface area contributed by atoms with Crippen molar-refractivity contribution < 1.29 is 17.6 Å². The molecule has 0 spiro atoms. The quantitative estimate of drug-likeness (QED) is 0.689. The predicted molar refractivity (Wildman–Crippen MR) is 70.1 cm³/mol. The fraction of sp³-hybridized carbons (Fsp3) is 0.667. The standard InChI is InChI=1S/C12H21NO4S/c1-3-6-13-9-11-4-5-12(17-11)10-18(14,15)8-7-16-2/h4-5,13H,3,6-10H2,1-2H3. The molecule has 0 saturated carbocycles. The van der Waals surface area contributed by atoms with E-state index in [1.807, 2.05) is 6.07 Å². The van der Waals surface area contributed by atoms with Crippen molar-refractivity contribution in [2.45, 2.75) is 25.6 Å². The number of furan rings is 1. The molecule has 0 atom stereocenters. The third-order valence-electron chi connectivity index (χ3n) is 2.40. The number of rotatable bonds is 9. The molecule has 0 aliphatic carbocycles. The molecule has 0 amide bonds. The molecule has 5 nitrogen and oxygen atoms in total. The van der Waals surface area contributed by atoms with Crippen LogP contribution in [0.25, 0.3) is 0 Å². The van der Waals surface area contributed by atoms with Gasteiger partial charge in [-0.05, 0) is 25.1 Å². The Kier molecular flexibility index (Phi) is 6.38. The number of nitrogens with one attached hydrogen (secondary N) is 1. The van der Waals surface area contributed by atoms with Gasteiger partial charge in [0.2, 0.25) is 0 Å². The molecular formula is C12H21NO4S. The maximum Gasteiger partial charge on any atom is 0.159 e. The van der Waals surface area contributed by atoms with Gasteiger partial charge in [0, 0.05) is 7.11 Å². The summed E-state index contributed by atoms with van der Waals surface area (Å²) < 4.78 is 33.6. The van der Waals surface area contributed by atoms with Crippen LogP contribution >= 0.6 is 0 Å². The minimum absolute atomic E-state index is 0.0214. The lowest BCUT2D eigenvalue weighted by Crippen LogP contribution is -2.14. The molecule has 104 valence electrons. The van der Waals surface area contributed by atoms with Crippen LogP contribution in [-0.4, -0.2) is 34.4 Å². The minimum atomic E-state index is -3.15. The van der Waals surface area contributed by atoms with E-state index in [0.717, 1.165) is 18.7 Å². The van der Waals surface area contributed by atoms with Gasteiger partial charge in [-0.2, -0.15) is 0 Å². The smallest absolute Gasteiger partial charge is 0.159 e. The van der Waals surface area contributed by atoms with Gasteiger partial charge in [0.05, 0.1) is 18.9 Å². The molecule has 0 saturated heterocycles. The molecule has 1 aromatic rings. The van der Waals surface area contributed by atoms with Gasteiger partial charge in [0.25, 0.3) is 0 Å². The summed E-state index contributed by atoms with van der Waals surface area (Å²) in [6, 6.07) is 3.52. The zero-order valence-corrected chi connectivity index (χ0v) is 11.8. The van der Waals surface area contributed by atoms with E-state index in [9.17, 15) is 8.42 Å². The van der Waals surface area contributed by atoms with Gasteiger partial charge in [-0.25, -0.2) is 8.42 Å². The molecule has 0 aromatic carbocycles. The summed E-state index contributed by atoms with van der Waals surface area (Å²) in [4.78, 5) is 0. The van der Waals surface area contributed by atoms with Crippen molar-refractivity contribution >= 4 is 9.84 Å². The minimum Gasteiger partial charge on any atom is -0.464 e. The highest BCUT2D eigenvalue weighted by atomic mass is 32.2. The lowest BCUT2D eigenvalue weighted by Gasteiger charge is -2.02. The zero-order valence-electron chi connectivity index (χ0n) is 10.9. The number of methoxy groups -OCH3 is 1. The number of sulfone groups is 1. The molecule has 1 N–H and O–H groups in total.